The summed E-state index contributed by atoms with van der Waals surface area (Å²) < 4.78 is 9.22. The Morgan fingerprint density at radius 3 is 2.44 bits per heavy atom. The average Bonchev–Trinajstić information content (AvgIpc) is 2.95. The van der Waals surface area contributed by atoms with E-state index in [2.05, 4.69) is 62.9 Å². The first-order valence-corrected chi connectivity index (χ1v) is 9.29. The maximum absolute atomic E-state index is 6.13. The molecule has 4 nitrogen and oxygen atoms in total. The number of benzene rings is 2. The third-order valence-electron chi connectivity index (χ3n) is 4.77. The van der Waals surface area contributed by atoms with Crippen LogP contribution in [0.5, 0.6) is 5.75 Å². The van der Waals surface area contributed by atoms with E-state index in [1.165, 1.54) is 5.69 Å². The fourth-order valence-electron chi connectivity index (χ4n) is 3.49. The molecule has 0 unspecified atom stereocenters. The van der Waals surface area contributed by atoms with Crippen LogP contribution in [0.1, 0.15) is 17.0 Å². The van der Waals surface area contributed by atoms with Gasteiger partial charge in [-0.3, -0.25) is 4.40 Å². The van der Waals surface area contributed by atoms with Gasteiger partial charge < -0.3 is 9.22 Å². The molecule has 4 heteroatoms. The zero-order chi connectivity index (χ0) is 19.0. The molecule has 138 valence electrons. The van der Waals surface area contributed by atoms with Gasteiger partial charge in [-0.2, -0.15) is 0 Å². The molecule has 0 atom stereocenters. The summed E-state index contributed by atoms with van der Waals surface area (Å²) in [5.74, 6) is 0.896. The summed E-state index contributed by atoms with van der Waals surface area (Å²) in [5.41, 5.74) is 4.51. The first-order chi connectivity index (χ1) is 12.9. The number of aromatic nitrogens is 2. The van der Waals surface area contributed by atoms with E-state index < -0.39 is 0 Å². The molecule has 0 spiro atoms. The number of hydrogen-bond acceptors (Lipinski definition) is 2. The van der Waals surface area contributed by atoms with E-state index in [9.17, 15) is 0 Å². The van der Waals surface area contributed by atoms with Crippen LogP contribution in [-0.2, 0) is 13.2 Å². The number of quaternary nitrogens is 1. The lowest BCUT2D eigenvalue weighted by Gasteiger charge is -2.23. The molecule has 2 heterocycles. The van der Waals surface area contributed by atoms with E-state index in [4.69, 9.17) is 9.72 Å². The lowest BCUT2D eigenvalue weighted by Crippen LogP contribution is -2.34. The van der Waals surface area contributed by atoms with E-state index in [1.54, 1.807) is 0 Å². The topological polar surface area (TPSA) is 26.5 Å². The van der Waals surface area contributed by atoms with Crippen molar-refractivity contribution >= 4 is 16.4 Å². The normalized spacial score (nSPS) is 12.0. The van der Waals surface area contributed by atoms with Crippen molar-refractivity contribution in [1.82, 2.24) is 9.38 Å². The molecule has 2 aromatic heterocycles. The van der Waals surface area contributed by atoms with Gasteiger partial charge >= 0.3 is 0 Å². The van der Waals surface area contributed by atoms with Gasteiger partial charge in [-0.25, -0.2) is 4.98 Å². The predicted octanol–water partition coefficient (Wildman–Crippen LogP) is 4.58. The first kappa shape index (κ1) is 17.6. The molecule has 0 aliphatic heterocycles. The fraction of sp³-hybridized carbons (Fsp3) is 0.261. The van der Waals surface area contributed by atoms with E-state index in [0.717, 1.165) is 44.5 Å². The second-order valence-electron chi connectivity index (χ2n) is 8.09. The van der Waals surface area contributed by atoms with E-state index in [-0.39, 0.29) is 0 Å². The van der Waals surface area contributed by atoms with Crippen molar-refractivity contribution in [3.05, 3.63) is 77.7 Å². The fourth-order valence-corrected chi connectivity index (χ4v) is 3.49. The standard InChI is InChI=1S/C23H26N3O/c1-17-21(15-26(2,3)4)25-14-13-19-20(23(25)24-17)11-8-12-22(19)27-16-18-9-6-5-7-10-18/h5-14H,15-16H2,1-4H3/q+1. The van der Waals surface area contributed by atoms with Gasteiger partial charge in [-0.05, 0) is 24.6 Å². The Balaban J connectivity index is 1.76. The minimum atomic E-state index is 0.561. The molecular formula is C23H26N3O+. The summed E-state index contributed by atoms with van der Waals surface area (Å²) in [6.45, 7) is 3.59. The third kappa shape index (κ3) is 3.53. The molecule has 0 saturated heterocycles. The number of aryl methyl sites for hydroxylation is 1. The maximum Gasteiger partial charge on any atom is 0.145 e. The molecule has 0 aliphatic rings. The Hall–Kier alpha value is -2.85. The van der Waals surface area contributed by atoms with Gasteiger partial charge in [0.05, 0.1) is 26.8 Å². The van der Waals surface area contributed by atoms with Gasteiger partial charge in [0.15, 0.2) is 0 Å². The van der Waals surface area contributed by atoms with Crippen LogP contribution < -0.4 is 4.74 Å². The summed E-state index contributed by atoms with van der Waals surface area (Å²) in [4.78, 5) is 4.88. The number of ether oxygens (including phenoxy) is 1. The van der Waals surface area contributed by atoms with Gasteiger partial charge in [0, 0.05) is 17.0 Å². The number of imidazole rings is 1. The largest absolute Gasteiger partial charge is 0.488 e. The van der Waals surface area contributed by atoms with Crippen molar-refractivity contribution in [2.24, 2.45) is 0 Å². The maximum atomic E-state index is 6.13. The SMILES string of the molecule is Cc1nc2c3cccc(OCc4ccccc4)c3ccn2c1C[N+](C)(C)C. The molecular weight excluding hydrogens is 334 g/mol. The average molecular weight is 360 g/mol. The Morgan fingerprint density at radius 2 is 1.70 bits per heavy atom. The van der Waals surface area contributed by atoms with E-state index in [0.29, 0.717) is 6.61 Å². The first-order valence-electron chi connectivity index (χ1n) is 9.29. The summed E-state index contributed by atoms with van der Waals surface area (Å²) >= 11 is 0. The second kappa shape index (κ2) is 6.71. The van der Waals surface area contributed by atoms with Gasteiger partial charge in [0.25, 0.3) is 0 Å². The number of nitrogens with zero attached hydrogens (tertiary/aromatic N) is 3. The molecule has 4 aromatic rings. The van der Waals surface area contributed by atoms with Crippen molar-refractivity contribution in [2.45, 2.75) is 20.1 Å². The monoisotopic (exact) mass is 360 g/mol. The lowest BCUT2D eigenvalue weighted by atomic mass is 10.1. The van der Waals surface area contributed by atoms with Gasteiger partial charge in [0.1, 0.15) is 30.2 Å². The molecule has 0 aliphatic carbocycles. The van der Waals surface area contributed by atoms with Crippen LogP contribution in [-0.4, -0.2) is 35.0 Å². The van der Waals surface area contributed by atoms with Gasteiger partial charge in [0.2, 0.25) is 0 Å². The van der Waals surface area contributed by atoms with Gasteiger partial charge in [-0.1, -0.05) is 42.5 Å². The van der Waals surface area contributed by atoms with Crippen LogP contribution >= 0.6 is 0 Å². The predicted molar refractivity (Wildman–Crippen MR) is 110 cm³/mol. The summed E-state index contributed by atoms with van der Waals surface area (Å²) in [5, 5.41) is 2.22. The molecule has 0 fully saturated rings. The highest BCUT2D eigenvalue weighted by atomic mass is 16.5. The molecule has 27 heavy (non-hydrogen) atoms. The summed E-state index contributed by atoms with van der Waals surface area (Å²) in [7, 11) is 6.61. The Kier molecular flexibility index (Phi) is 4.36. The van der Waals surface area contributed by atoms with Crippen molar-refractivity contribution in [3.63, 3.8) is 0 Å². The van der Waals surface area contributed by atoms with Crippen LogP contribution in [0, 0.1) is 6.92 Å². The third-order valence-corrected chi connectivity index (χ3v) is 4.77. The Morgan fingerprint density at radius 1 is 0.926 bits per heavy atom. The van der Waals surface area contributed by atoms with Crippen LogP contribution in [0.3, 0.4) is 0 Å². The lowest BCUT2D eigenvalue weighted by molar-refractivity contribution is -0.884. The number of fused-ring (bicyclic) bond motifs is 3. The van der Waals surface area contributed by atoms with Crippen molar-refractivity contribution in [3.8, 4) is 5.75 Å². The quantitative estimate of drug-likeness (QED) is 0.487. The summed E-state index contributed by atoms with van der Waals surface area (Å²) in [6.07, 6.45) is 2.12. The minimum Gasteiger partial charge on any atom is -0.488 e. The molecule has 2 aromatic carbocycles. The summed E-state index contributed by atoms with van der Waals surface area (Å²) in [6, 6.07) is 18.6. The van der Waals surface area contributed by atoms with Crippen molar-refractivity contribution in [1.29, 1.82) is 0 Å². The highest BCUT2D eigenvalue weighted by Gasteiger charge is 2.18. The Bertz CT molecular complexity index is 1090. The number of pyridine rings is 1. The molecule has 4 rings (SSSR count). The van der Waals surface area contributed by atoms with Crippen LogP contribution in [0.2, 0.25) is 0 Å². The van der Waals surface area contributed by atoms with Gasteiger partial charge in [-0.15, -0.1) is 0 Å². The zero-order valence-corrected chi connectivity index (χ0v) is 16.4. The zero-order valence-electron chi connectivity index (χ0n) is 16.4. The molecule has 0 amide bonds. The molecule has 0 N–H and O–H groups in total. The highest BCUT2D eigenvalue weighted by molar-refractivity contribution is 5.98. The van der Waals surface area contributed by atoms with E-state index in [1.807, 2.05) is 30.3 Å². The van der Waals surface area contributed by atoms with Crippen molar-refractivity contribution < 1.29 is 9.22 Å². The number of rotatable bonds is 5. The molecule has 0 bridgehead atoms. The van der Waals surface area contributed by atoms with E-state index >= 15 is 0 Å². The smallest absolute Gasteiger partial charge is 0.145 e. The second-order valence-corrected chi connectivity index (χ2v) is 8.09. The minimum absolute atomic E-state index is 0.561. The molecule has 0 radical (unpaired) electrons. The molecule has 0 saturated carbocycles. The highest BCUT2D eigenvalue weighted by Crippen LogP contribution is 2.30. The van der Waals surface area contributed by atoms with Crippen molar-refractivity contribution in [2.75, 3.05) is 21.1 Å². The number of hydrogen-bond donors (Lipinski definition) is 0. The van der Waals surface area contributed by atoms with Crippen LogP contribution in [0.4, 0.5) is 0 Å². The van der Waals surface area contributed by atoms with Crippen LogP contribution in [0.25, 0.3) is 16.4 Å². The Labute approximate surface area is 160 Å². The van der Waals surface area contributed by atoms with Crippen LogP contribution in [0.15, 0.2) is 60.8 Å².